The molecule has 1 N–H and O–H groups in total. The predicted molar refractivity (Wildman–Crippen MR) is 89.6 cm³/mol. The zero-order chi connectivity index (χ0) is 16.4. The van der Waals surface area contributed by atoms with Crippen LogP contribution in [0, 0.1) is 0 Å². The summed E-state index contributed by atoms with van der Waals surface area (Å²) < 4.78 is 5.69. The van der Waals surface area contributed by atoms with Gasteiger partial charge in [0.15, 0.2) is 6.73 Å². The maximum absolute atomic E-state index is 12.9. The van der Waals surface area contributed by atoms with Gasteiger partial charge in [0.1, 0.15) is 11.8 Å². The van der Waals surface area contributed by atoms with Crippen molar-refractivity contribution < 1.29 is 14.3 Å². The van der Waals surface area contributed by atoms with Gasteiger partial charge in [0.2, 0.25) is 5.91 Å². The van der Waals surface area contributed by atoms with Crippen molar-refractivity contribution in [1.82, 2.24) is 10.2 Å². The highest BCUT2D eigenvalue weighted by atomic mass is 32.1. The molecule has 23 heavy (non-hydrogen) atoms. The van der Waals surface area contributed by atoms with E-state index in [1.54, 1.807) is 11.8 Å². The highest BCUT2D eigenvalue weighted by Crippen LogP contribution is 2.30. The van der Waals surface area contributed by atoms with Crippen molar-refractivity contribution in [2.45, 2.75) is 51.6 Å². The molecule has 1 fully saturated rings. The van der Waals surface area contributed by atoms with Crippen molar-refractivity contribution in [3.63, 3.8) is 0 Å². The lowest BCUT2D eigenvalue weighted by Gasteiger charge is -2.36. The number of allylic oxidation sites excluding steroid dienone is 1. The Morgan fingerprint density at radius 2 is 2.30 bits per heavy atom. The largest absolute Gasteiger partial charge is 0.477 e. The Labute approximate surface area is 140 Å². The van der Waals surface area contributed by atoms with Crippen molar-refractivity contribution in [2.24, 2.45) is 0 Å². The SMILES string of the molecule is CCC(C(=O)NC1CCC1)N1COC(C)=C(c2cccs2)C1=O. The van der Waals surface area contributed by atoms with E-state index in [-0.39, 0.29) is 24.6 Å². The number of thiophene rings is 1. The van der Waals surface area contributed by atoms with Gasteiger partial charge in [-0.3, -0.25) is 14.5 Å². The summed E-state index contributed by atoms with van der Waals surface area (Å²) in [6, 6.07) is 3.61. The van der Waals surface area contributed by atoms with Gasteiger partial charge < -0.3 is 10.1 Å². The van der Waals surface area contributed by atoms with Crippen molar-refractivity contribution in [3.8, 4) is 0 Å². The zero-order valence-corrected chi connectivity index (χ0v) is 14.3. The summed E-state index contributed by atoms with van der Waals surface area (Å²) in [6.07, 6.45) is 3.81. The molecule has 1 unspecified atom stereocenters. The van der Waals surface area contributed by atoms with Crippen LogP contribution in [0.2, 0.25) is 0 Å². The van der Waals surface area contributed by atoms with Gasteiger partial charge in [-0.15, -0.1) is 11.3 Å². The van der Waals surface area contributed by atoms with Crippen LogP contribution in [0.1, 0.15) is 44.4 Å². The third-order valence-corrected chi connectivity index (χ3v) is 5.42. The van der Waals surface area contributed by atoms with Crippen LogP contribution in [-0.4, -0.2) is 35.5 Å². The molecule has 1 aromatic rings. The van der Waals surface area contributed by atoms with E-state index < -0.39 is 6.04 Å². The van der Waals surface area contributed by atoms with Gasteiger partial charge in [-0.1, -0.05) is 13.0 Å². The molecule has 1 aliphatic heterocycles. The van der Waals surface area contributed by atoms with Gasteiger partial charge in [-0.05, 0) is 44.1 Å². The molecule has 1 atom stereocenters. The molecular weight excluding hydrogens is 312 g/mol. The highest BCUT2D eigenvalue weighted by molar-refractivity contribution is 7.11. The van der Waals surface area contributed by atoms with Gasteiger partial charge in [-0.2, -0.15) is 0 Å². The number of nitrogens with zero attached hydrogens (tertiary/aromatic N) is 1. The minimum atomic E-state index is -0.480. The van der Waals surface area contributed by atoms with Gasteiger partial charge >= 0.3 is 0 Å². The maximum Gasteiger partial charge on any atom is 0.262 e. The molecule has 1 aliphatic carbocycles. The molecule has 3 rings (SSSR count). The Bertz CT molecular complexity index is 620. The highest BCUT2D eigenvalue weighted by Gasteiger charge is 2.36. The molecule has 0 spiro atoms. The smallest absolute Gasteiger partial charge is 0.262 e. The summed E-state index contributed by atoms with van der Waals surface area (Å²) in [5.74, 6) is 0.439. The minimum absolute atomic E-state index is 0.0702. The Hall–Kier alpha value is -1.82. The molecule has 124 valence electrons. The fourth-order valence-corrected chi connectivity index (χ4v) is 3.73. The molecule has 0 saturated heterocycles. The number of ether oxygens (including phenoxy) is 1. The summed E-state index contributed by atoms with van der Waals surface area (Å²) in [6.45, 7) is 3.87. The molecule has 2 aliphatic rings. The van der Waals surface area contributed by atoms with E-state index in [1.807, 2.05) is 24.4 Å². The second kappa shape index (κ2) is 6.74. The Morgan fingerprint density at radius 3 is 2.87 bits per heavy atom. The van der Waals surface area contributed by atoms with Gasteiger partial charge in [0.25, 0.3) is 5.91 Å². The zero-order valence-electron chi connectivity index (χ0n) is 13.5. The molecule has 1 aromatic heterocycles. The van der Waals surface area contributed by atoms with E-state index in [4.69, 9.17) is 4.74 Å². The van der Waals surface area contributed by atoms with E-state index in [9.17, 15) is 9.59 Å². The second-order valence-corrected chi connectivity index (χ2v) is 6.97. The standard InChI is InChI=1S/C17H22N2O3S/c1-3-13(16(20)18-12-6-4-7-12)19-10-22-11(2)15(17(19)21)14-8-5-9-23-14/h5,8-9,12-13H,3-4,6-7,10H2,1-2H3,(H,18,20). The molecule has 6 heteroatoms. The number of nitrogens with one attached hydrogen (secondary N) is 1. The molecule has 0 bridgehead atoms. The van der Waals surface area contributed by atoms with Crippen LogP contribution in [0.3, 0.4) is 0 Å². The third-order valence-electron chi connectivity index (χ3n) is 4.53. The van der Waals surface area contributed by atoms with Crippen molar-refractivity contribution in [2.75, 3.05) is 6.73 Å². The maximum atomic E-state index is 12.9. The number of carbonyl (C=O) groups is 2. The van der Waals surface area contributed by atoms with Crippen molar-refractivity contribution >= 4 is 28.7 Å². The number of rotatable bonds is 5. The first-order valence-electron chi connectivity index (χ1n) is 8.10. The Morgan fingerprint density at radius 1 is 1.52 bits per heavy atom. The second-order valence-electron chi connectivity index (χ2n) is 6.02. The Kier molecular flexibility index (Phi) is 4.71. The molecule has 2 heterocycles. The lowest BCUT2D eigenvalue weighted by atomic mass is 9.92. The van der Waals surface area contributed by atoms with E-state index in [2.05, 4.69) is 5.32 Å². The summed E-state index contributed by atoms with van der Waals surface area (Å²) in [5.41, 5.74) is 0.571. The lowest BCUT2D eigenvalue weighted by molar-refractivity contribution is -0.143. The van der Waals surface area contributed by atoms with Crippen LogP contribution in [0.15, 0.2) is 23.3 Å². The van der Waals surface area contributed by atoms with Crippen LogP contribution in [0.4, 0.5) is 0 Å². The molecule has 5 nitrogen and oxygen atoms in total. The topological polar surface area (TPSA) is 58.6 Å². The third kappa shape index (κ3) is 3.13. The summed E-state index contributed by atoms with van der Waals surface area (Å²) in [7, 11) is 0. The minimum Gasteiger partial charge on any atom is -0.477 e. The van der Waals surface area contributed by atoms with Crippen LogP contribution in [-0.2, 0) is 14.3 Å². The number of hydrogen-bond donors (Lipinski definition) is 1. The summed E-state index contributed by atoms with van der Waals surface area (Å²) in [4.78, 5) is 27.9. The normalized spacial score (nSPS) is 20.1. The number of hydrogen-bond acceptors (Lipinski definition) is 4. The van der Waals surface area contributed by atoms with Crippen molar-refractivity contribution in [3.05, 3.63) is 28.1 Å². The van der Waals surface area contributed by atoms with E-state index in [0.29, 0.717) is 17.8 Å². The van der Waals surface area contributed by atoms with Crippen LogP contribution in [0.5, 0.6) is 0 Å². The van der Waals surface area contributed by atoms with Gasteiger partial charge in [-0.25, -0.2) is 0 Å². The number of amides is 2. The quantitative estimate of drug-likeness (QED) is 0.901. The first-order valence-corrected chi connectivity index (χ1v) is 8.98. The lowest BCUT2D eigenvalue weighted by Crippen LogP contribution is -2.54. The fourth-order valence-electron chi connectivity index (χ4n) is 2.92. The Balaban J connectivity index is 1.79. The first kappa shape index (κ1) is 16.1. The number of carbonyl (C=O) groups excluding carboxylic acids is 2. The van der Waals surface area contributed by atoms with E-state index in [0.717, 1.165) is 24.1 Å². The fraction of sp³-hybridized carbons (Fsp3) is 0.529. The van der Waals surface area contributed by atoms with Crippen LogP contribution >= 0.6 is 11.3 Å². The molecule has 0 aromatic carbocycles. The molecular formula is C17H22N2O3S. The van der Waals surface area contributed by atoms with Crippen LogP contribution < -0.4 is 5.32 Å². The average Bonchev–Trinajstić information content (AvgIpc) is 3.00. The summed E-state index contributed by atoms with van der Waals surface area (Å²) in [5, 5.41) is 4.98. The monoisotopic (exact) mass is 334 g/mol. The van der Waals surface area contributed by atoms with Gasteiger partial charge in [0.05, 0.1) is 5.57 Å². The van der Waals surface area contributed by atoms with Crippen molar-refractivity contribution in [1.29, 1.82) is 0 Å². The van der Waals surface area contributed by atoms with Crippen LogP contribution in [0.25, 0.3) is 5.57 Å². The molecule has 2 amide bonds. The first-order chi connectivity index (χ1) is 11.1. The average molecular weight is 334 g/mol. The molecule has 1 saturated carbocycles. The summed E-state index contributed by atoms with van der Waals surface area (Å²) >= 11 is 1.50. The molecule has 0 radical (unpaired) electrons. The predicted octanol–water partition coefficient (Wildman–Crippen LogP) is 2.74. The van der Waals surface area contributed by atoms with E-state index >= 15 is 0 Å². The van der Waals surface area contributed by atoms with E-state index in [1.165, 1.54) is 11.3 Å². The van der Waals surface area contributed by atoms with Gasteiger partial charge in [0, 0.05) is 10.9 Å².